The molecule has 11 heteroatoms. The normalized spacial score (nSPS) is 11.5. The number of nitrogens with one attached hydrogen (secondary N) is 4. The Labute approximate surface area is 130 Å². The number of aromatic amines is 2. The van der Waals surface area contributed by atoms with E-state index in [1.54, 1.807) is 6.20 Å². The highest BCUT2D eigenvalue weighted by atomic mass is 32.2. The second kappa shape index (κ2) is 5.28. The molecule has 23 heavy (non-hydrogen) atoms. The van der Waals surface area contributed by atoms with Gasteiger partial charge in [-0.2, -0.15) is 0 Å². The number of hydrogen-bond donors (Lipinski definition) is 5. The van der Waals surface area contributed by atoms with Crippen LogP contribution in [0.5, 0.6) is 0 Å². The molecule has 0 saturated heterocycles. The largest absolute Gasteiger partial charge is 0.369 e. The zero-order valence-corrected chi connectivity index (χ0v) is 12.7. The summed E-state index contributed by atoms with van der Waals surface area (Å²) in [7, 11) is -3.50. The lowest BCUT2D eigenvalue weighted by atomic mass is 10.1. The van der Waals surface area contributed by atoms with Gasteiger partial charge in [0.1, 0.15) is 5.52 Å². The van der Waals surface area contributed by atoms with Crippen molar-refractivity contribution in [2.24, 2.45) is 0 Å². The van der Waals surface area contributed by atoms with Gasteiger partial charge in [0, 0.05) is 12.4 Å². The van der Waals surface area contributed by atoms with Crippen molar-refractivity contribution in [2.45, 2.75) is 0 Å². The zero-order chi connectivity index (χ0) is 16.6. The Kier molecular flexibility index (Phi) is 3.41. The fraction of sp³-hybridized carbons (Fsp3) is 0.0833. The molecule has 3 rings (SSSR count). The number of nitrogens with zero attached hydrogens (tertiary/aromatic N) is 2. The highest BCUT2D eigenvalue weighted by Crippen LogP contribution is 2.24. The van der Waals surface area contributed by atoms with Crippen molar-refractivity contribution < 1.29 is 13.2 Å². The maximum Gasteiger partial charge on any atom is 0.260 e. The van der Waals surface area contributed by atoms with Crippen LogP contribution >= 0.6 is 0 Å². The lowest BCUT2D eigenvalue weighted by Gasteiger charge is -2.08. The number of benzene rings is 1. The van der Waals surface area contributed by atoms with Crippen LogP contribution in [0, 0.1) is 0 Å². The number of imidazole rings is 2. The number of carbonyl (C=O) groups is 1. The molecule has 0 aliphatic rings. The van der Waals surface area contributed by atoms with E-state index >= 15 is 0 Å². The first-order valence-electron chi connectivity index (χ1n) is 6.39. The Balaban J connectivity index is 2.07. The Hall–Kier alpha value is -3.08. The average Bonchev–Trinajstić information content (AvgIpc) is 3.04. The highest BCUT2D eigenvalue weighted by Gasteiger charge is 2.17. The number of anilines is 3. The van der Waals surface area contributed by atoms with E-state index in [9.17, 15) is 13.2 Å². The molecule has 0 fully saturated rings. The van der Waals surface area contributed by atoms with E-state index < -0.39 is 15.9 Å². The van der Waals surface area contributed by atoms with Crippen LogP contribution in [0.1, 0.15) is 10.4 Å². The van der Waals surface area contributed by atoms with E-state index in [4.69, 9.17) is 5.73 Å². The molecule has 1 amide bonds. The zero-order valence-electron chi connectivity index (χ0n) is 11.9. The second-order valence-corrected chi connectivity index (χ2v) is 6.56. The van der Waals surface area contributed by atoms with Crippen molar-refractivity contribution in [2.75, 3.05) is 22.0 Å². The molecule has 0 aliphatic carbocycles. The summed E-state index contributed by atoms with van der Waals surface area (Å²) >= 11 is 0. The van der Waals surface area contributed by atoms with Crippen LogP contribution in [0.25, 0.3) is 11.0 Å². The van der Waals surface area contributed by atoms with Gasteiger partial charge in [-0.3, -0.25) is 14.8 Å². The van der Waals surface area contributed by atoms with Gasteiger partial charge in [-0.25, -0.2) is 18.4 Å². The minimum absolute atomic E-state index is 0.114. The Morgan fingerprint density at radius 3 is 2.78 bits per heavy atom. The number of nitrogens with two attached hydrogens (primary N) is 1. The van der Waals surface area contributed by atoms with Gasteiger partial charge < -0.3 is 15.7 Å². The molecule has 0 aliphatic heterocycles. The summed E-state index contributed by atoms with van der Waals surface area (Å²) in [4.78, 5) is 25.9. The molecule has 0 spiro atoms. The van der Waals surface area contributed by atoms with Crippen LogP contribution in [0.2, 0.25) is 0 Å². The van der Waals surface area contributed by atoms with E-state index in [0.717, 1.165) is 6.26 Å². The molecule has 0 radical (unpaired) electrons. The molecule has 0 bridgehead atoms. The third-order valence-electron chi connectivity index (χ3n) is 2.88. The van der Waals surface area contributed by atoms with Gasteiger partial charge in [-0.15, -0.1) is 0 Å². The van der Waals surface area contributed by atoms with Gasteiger partial charge in [0.2, 0.25) is 16.0 Å². The molecular formula is C12H13N7O3S. The SMILES string of the molecule is CS(=O)(=O)Nc1cc(C(=O)Nc2ncc[nH]2)c2nc(N)[nH]c2c1. The van der Waals surface area contributed by atoms with E-state index in [1.165, 1.54) is 18.3 Å². The number of nitrogen functional groups attached to an aromatic ring is 1. The average molecular weight is 335 g/mol. The van der Waals surface area contributed by atoms with Crippen LogP contribution < -0.4 is 15.8 Å². The maximum absolute atomic E-state index is 12.4. The van der Waals surface area contributed by atoms with Crippen molar-refractivity contribution in [3.63, 3.8) is 0 Å². The molecule has 0 atom stereocenters. The minimum atomic E-state index is -3.50. The predicted octanol–water partition coefficient (Wildman–Crippen LogP) is 0.492. The second-order valence-electron chi connectivity index (χ2n) is 4.81. The van der Waals surface area contributed by atoms with Gasteiger partial charge in [0.25, 0.3) is 5.91 Å². The molecule has 10 nitrogen and oxygen atoms in total. The lowest BCUT2D eigenvalue weighted by Crippen LogP contribution is -2.15. The number of hydrogen-bond acceptors (Lipinski definition) is 6. The summed E-state index contributed by atoms with van der Waals surface area (Å²) < 4.78 is 25.1. The Bertz CT molecular complexity index is 976. The maximum atomic E-state index is 12.4. The summed E-state index contributed by atoms with van der Waals surface area (Å²) in [6.07, 6.45) is 4.06. The smallest absolute Gasteiger partial charge is 0.260 e. The molecule has 0 saturated carbocycles. The summed E-state index contributed by atoms with van der Waals surface area (Å²) in [6.45, 7) is 0. The van der Waals surface area contributed by atoms with Crippen LogP contribution in [0.3, 0.4) is 0 Å². The Morgan fingerprint density at radius 1 is 1.35 bits per heavy atom. The highest BCUT2D eigenvalue weighted by molar-refractivity contribution is 7.92. The third-order valence-corrected chi connectivity index (χ3v) is 3.49. The number of H-pyrrole nitrogens is 2. The molecular weight excluding hydrogens is 322 g/mol. The summed E-state index contributed by atoms with van der Waals surface area (Å²) in [5.74, 6) is -0.134. The number of aromatic nitrogens is 4. The fourth-order valence-corrected chi connectivity index (χ4v) is 2.64. The van der Waals surface area contributed by atoms with Gasteiger partial charge >= 0.3 is 0 Å². The number of sulfonamides is 1. The van der Waals surface area contributed by atoms with Gasteiger partial charge in [-0.1, -0.05) is 0 Å². The summed E-state index contributed by atoms with van der Waals surface area (Å²) in [6, 6.07) is 2.88. The number of amides is 1. The van der Waals surface area contributed by atoms with E-state index in [2.05, 4.69) is 30.0 Å². The fourth-order valence-electron chi connectivity index (χ4n) is 2.09. The van der Waals surface area contributed by atoms with E-state index in [-0.39, 0.29) is 23.1 Å². The minimum Gasteiger partial charge on any atom is -0.369 e. The lowest BCUT2D eigenvalue weighted by molar-refractivity contribution is 0.102. The number of rotatable bonds is 4. The first-order chi connectivity index (χ1) is 10.8. The van der Waals surface area contributed by atoms with Gasteiger partial charge in [0.05, 0.1) is 23.0 Å². The van der Waals surface area contributed by atoms with Crippen molar-refractivity contribution in [3.05, 3.63) is 30.1 Å². The van der Waals surface area contributed by atoms with E-state index in [1.807, 2.05) is 0 Å². The molecule has 3 aromatic rings. The van der Waals surface area contributed by atoms with Gasteiger partial charge in [-0.05, 0) is 12.1 Å². The molecule has 2 heterocycles. The quantitative estimate of drug-likeness (QED) is 0.466. The molecule has 2 aromatic heterocycles. The standard InChI is InChI=1S/C12H13N7O3S/c1-23(21,22)19-6-4-7(9-8(5-6)16-11(13)17-9)10(20)18-12-14-2-3-15-12/h2-5,19H,1H3,(H3,13,16,17)(H2,14,15,18,20). The molecule has 1 aromatic carbocycles. The van der Waals surface area contributed by atoms with Crippen LogP contribution in [0.15, 0.2) is 24.5 Å². The van der Waals surface area contributed by atoms with Crippen LogP contribution in [0.4, 0.5) is 17.6 Å². The Morgan fingerprint density at radius 2 is 2.13 bits per heavy atom. The third kappa shape index (κ3) is 3.23. The van der Waals surface area contributed by atoms with E-state index in [0.29, 0.717) is 11.0 Å². The topological polar surface area (TPSA) is 159 Å². The first kappa shape index (κ1) is 14.8. The predicted molar refractivity (Wildman–Crippen MR) is 85.5 cm³/mol. The molecule has 6 N–H and O–H groups in total. The monoisotopic (exact) mass is 335 g/mol. The van der Waals surface area contributed by atoms with Crippen molar-refractivity contribution in [1.82, 2.24) is 19.9 Å². The molecule has 120 valence electrons. The number of carbonyl (C=O) groups excluding carboxylic acids is 1. The van der Waals surface area contributed by atoms with Crippen LogP contribution in [-0.4, -0.2) is 40.5 Å². The van der Waals surface area contributed by atoms with Crippen molar-refractivity contribution in [1.29, 1.82) is 0 Å². The van der Waals surface area contributed by atoms with Crippen molar-refractivity contribution >= 4 is 44.5 Å². The van der Waals surface area contributed by atoms with Gasteiger partial charge in [0.15, 0.2) is 5.95 Å². The molecule has 0 unspecified atom stereocenters. The summed E-state index contributed by atoms with van der Waals surface area (Å²) in [5, 5.41) is 2.55. The number of fused-ring (bicyclic) bond motifs is 1. The first-order valence-corrected chi connectivity index (χ1v) is 8.29. The van der Waals surface area contributed by atoms with Crippen LogP contribution in [-0.2, 0) is 10.0 Å². The van der Waals surface area contributed by atoms with Crippen molar-refractivity contribution in [3.8, 4) is 0 Å². The summed E-state index contributed by atoms with van der Waals surface area (Å²) in [5.41, 5.74) is 6.74.